The molecule has 0 unspecified atom stereocenters. The lowest BCUT2D eigenvalue weighted by Crippen LogP contribution is -2.27. The van der Waals surface area contributed by atoms with Crippen molar-refractivity contribution < 1.29 is 8.42 Å². The van der Waals surface area contributed by atoms with Gasteiger partial charge in [-0.3, -0.25) is 0 Å². The molecule has 1 aromatic rings. The van der Waals surface area contributed by atoms with Crippen molar-refractivity contribution in [1.82, 2.24) is 10.0 Å². The van der Waals surface area contributed by atoms with Gasteiger partial charge in [-0.25, -0.2) is 13.1 Å². The lowest BCUT2D eigenvalue weighted by Gasteiger charge is -2.09. The summed E-state index contributed by atoms with van der Waals surface area (Å²) >= 11 is 1.37. The van der Waals surface area contributed by atoms with Crippen molar-refractivity contribution in [2.75, 3.05) is 20.1 Å². The van der Waals surface area contributed by atoms with E-state index in [1.165, 1.54) is 24.2 Å². The van der Waals surface area contributed by atoms with Gasteiger partial charge in [0.2, 0.25) is 10.0 Å². The van der Waals surface area contributed by atoms with Crippen molar-refractivity contribution in [2.24, 2.45) is 5.92 Å². The molecule has 1 aliphatic rings. The minimum Gasteiger partial charge on any atom is -0.319 e. The van der Waals surface area contributed by atoms with Crippen molar-refractivity contribution in [2.45, 2.75) is 36.3 Å². The van der Waals surface area contributed by atoms with Gasteiger partial charge in [0.15, 0.2) is 0 Å². The van der Waals surface area contributed by atoms with E-state index in [-0.39, 0.29) is 0 Å². The van der Waals surface area contributed by atoms with Crippen LogP contribution < -0.4 is 10.0 Å². The fourth-order valence-electron chi connectivity index (χ4n) is 2.40. The molecule has 108 valence electrons. The molecule has 0 radical (unpaired) electrons. The third-order valence-electron chi connectivity index (χ3n) is 3.56. The molecule has 1 aliphatic carbocycles. The summed E-state index contributed by atoms with van der Waals surface area (Å²) in [6, 6.07) is 3.62. The summed E-state index contributed by atoms with van der Waals surface area (Å²) in [5.41, 5.74) is 0. The molecule has 4 nitrogen and oxygen atoms in total. The Hall–Kier alpha value is -0.430. The molecular weight excluding hydrogens is 280 g/mol. The summed E-state index contributed by atoms with van der Waals surface area (Å²) in [6.45, 7) is 1.46. The Morgan fingerprint density at radius 3 is 2.74 bits per heavy atom. The Labute approximate surface area is 119 Å². The lowest BCUT2D eigenvalue weighted by molar-refractivity contribution is 0.520. The van der Waals surface area contributed by atoms with Crippen LogP contribution in [0.1, 0.15) is 30.6 Å². The van der Waals surface area contributed by atoms with E-state index in [9.17, 15) is 8.42 Å². The average molecular weight is 302 g/mol. The van der Waals surface area contributed by atoms with Crippen LogP contribution in [0.5, 0.6) is 0 Å². The molecule has 0 atom stereocenters. The van der Waals surface area contributed by atoms with Crippen molar-refractivity contribution in [3.63, 3.8) is 0 Å². The van der Waals surface area contributed by atoms with Gasteiger partial charge < -0.3 is 5.32 Å². The topological polar surface area (TPSA) is 58.2 Å². The van der Waals surface area contributed by atoms with Gasteiger partial charge >= 0.3 is 0 Å². The zero-order chi connectivity index (χ0) is 13.7. The van der Waals surface area contributed by atoms with Crippen molar-refractivity contribution in [3.8, 4) is 0 Å². The first-order valence-corrected chi connectivity index (χ1v) is 9.15. The molecule has 19 heavy (non-hydrogen) atoms. The highest BCUT2D eigenvalue weighted by molar-refractivity contribution is 7.91. The van der Waals surface area contributed by atoms with E-state index >= 15 is 0 Å². The second-order valence-electron chi connectivity index (χ2n) is 5.08. The van der Waals surface area contributed by atoms with E-state index in [0.29, 0.717) is 16.7 Å². The van der Waals surface area contributed by atoms with Crippen LogP contribution in [0.4, 0.5) is 0 Å². The van der Waals surface area contributed by atoms with Crippen LogP contribution in [-0.2, 0) is 16.4 Å². The van der Waals surface area contributed by atoms with Crippen LogP contribution in [0.2, 0.25) is 0 Å². The first kappa shape index (κ1) is 15.0. The summed E-state index contributed by atoms with van der Waals surface area (Å²) in [5.74, 6) is 0.526. The standard InChI is InChI=1S/C13H22N2O2S2/c1-14-9-8-12-6-7-13(18-12)19(16,17)15-10-11-4-2-3-5-11/h6-7,11,14-15H,2-5,8-10H2,1H3. The number of thiophene rings is 1. The Balaban J connectivity index is 1.92. The predicted molar refractivity (Wildman–Crippen MR) is 79.1 cm³/mol. The van der Waals surface area contributed by atoms with Gasteiger partial charge in [0.1, 0.15) is 4.21 Å². The quantitative estimate of drug-likeness (QED) is 0.810. The van der Waals surface area contributed by atoms with Crippen molar-refractivity contribution in [1.29, 1.82) is 0 Å². The van der Waals surface area contributed by atoms with E-state index in [1.54, 1.807) is 6.07 Å². The molecule has 6 heteroatoms. The van der Waals surface area contributed by atoms with Gasteiger partial charge in [0.25, 0.3) is 0 Å². The molecule has 1 aromatic heterocycles. The Kier molecular flexibility index (Phi) is 5.38. The lowest BCUT2D eigenvalue weighted by atomic mass is 10.1. The van der Waals surface area contributed by atoms with Gasteiger partial charge in [0.05, 0.1) is 0 Å². The summed E-state index contributed by atoms with van der Waals surface area (Å²) in [7, 11) is -1.41. The molecule has 1 fully saturated rings. The molecule has 1 heterocycles. The Morgan fingerprint density at radius 2 is 2.05 bits per heavy atom. The highest BCUT2D eigenvalue weighted by Gasteiger charge is 2.20. The van der Waals surface area contributed by atoms with Gasteiger partial charge in [-0.2, -0.15) is 0 Å². The second-order valence-corrected chi connectivity index (χ2v) is 8.24. The summed E-state index contributed by atoms with van der Waals surface area (Å²) in [4.78, 5) is 1.11. The smallest absolute Gasteiger partial charge is 0.250 e. The molecule has 1 saturated carbocycles. The second kappa shape index (κ2) is 6.83. The first-order chi connectivity index (χ1) is 9.12. The van der Waals surface area contributed by atoms with Crippen LogP contribution in [0.25, 0.3) is 0 Å². The first-order valence-electron chi connectivity index (χ1n) is 6.85. The monoisotopic (exact) mass is 302 g/mol. The Bertz CT molecular complexity index is 490. The third kappa shape index (κ3) is 4.27. The largest absolute Gasteiger partial charge is 0.319 e. The highest BCUT2D eigenvalue weighted by atomic mass is 32.2. The molecular formula is C13H22N2O2S2. The molecule has 2 rings (SSSR count). The highest BCUT2D eigenvalue weighted by Crippen LogP contribution is 2.25. The van der Waals surface area contributed by atoms with Gasteiger partial charge in [-0.15, -0.1) is 11.3 Å². The number of hydrogen-bond acceptors (Lipinski definition) is 4. The summed E-state index contributed by atoms with van der Waals surface area (Å²) < 4.78 is 27.5. The predicted octanol–water partition coefficient (Wildman–Crippen LogP) is 1.98. The van der Waals surface area contributed by atoms with E-state index in [4.69, 9.17) is 0 Å². The molecule has 2 N–H and O–H groups in total. The number of nitrogens with one attached hydrogen (secondary N) is 2. The molecule has 0 amide bonds. The van der Waals surface area contributed by atoms with Crippen molar-refractivity contribution in [3.05, 3.63) is 17.0 Å². The molecule has 0 spiro atoms. The van der Waals surface area contributed by atoms with Crippen LogP contribution >= 0.6 is 11.3 Å². The molecule has 0 saturated heterocycles. The van der Waals surface area contributed by atoms with Gasteiger partial charge in [0, 0.05) is 11.4 Å². The fraction of sp³-hybridized carbons (Fsp3) is 0.692. The maximum absolute atomic E-state index is 12.2. The zero-order valence-electron chi connectivity index (χ0n) is 11.3. The molecule has 0 aromatic carbocycles. The van der Waals surface area contributed by atoms with E-state index in [2.05, 4.69) is 10.0 Å². The van der Waals surface area contributed by atoms with Crippen molar-refractivity contribution >= 4 is 21.4 Å². The number of rotatable bonds is 7. The van der Waals surface area contributed by atoms with E-state index < -0.39 is 10.0 Å². The minimum atomic E-state index is -3.30. The fourth-order valence-corrected chi connectivity index (χ4v) is 4.91. The normalized spacial score (nSPS) is 17.1. The summed E-state index contributed by atoms with van der Waals surface area (Å²) in [5, 5.41) is 3.07. The Morgan fingerprint density at radius 1 is 1.32 bits per heavy atom. The zero-order valence-corrected chi connectivity index (χ0v) is 12.9. The van der Waals surface area contributed by atoms with Crippen LogP contribution in [0.3, 0.4) is 0 Å². The van der Waals surface area contributed by atoms with Gasteiger partial charge in [-0.05, 0) is 50.9 Å². The SMILES string of the molecule is CNCCc1ccc(S(=O)(=O)NCC2CCCC2)s1. The third-order valence-corrected chi connectivity index (χ3v) is 6.62. The van der Waals surface area contributed by atoms with Gasteiger partial charge in [-0.1, -0.05) is 12.8 Å². The van der Waals surface area contributed by atoms with E-state index in [0.717, 1.165) is 30.7 Å². The van der Waals surface area contributed by atoms with Crippen LogP contribution in [0.15, 0.2) is 16.3 Å². The molecule has 0 bridgehead atoms. The number of likely N-dealkylation sites (N-methyl/N-ethyl adjacent to an activating group) is 1. The average Bonchev–Trinajstić information content (AvgIpc) is 3.05. The molecule has 0 aliphatic heterocycles. The number of sulfonamides is 1. The van der Waals surface area contributed by atoms with E-state index in [1.807, 2.05) is 13.1 Å². The van der Waals surface area contributed by atoms with Crippen LogP contribution in [-0.4, -0.2) is 28.6 Å². The number of hydrogen-bond donors (Lipinski definition) is 2. The summed E-state index contributed by atoms with van der Waals surface area (Å²) in [6.07, 6.45) is 5.65. The maximum Gasteiger partial charge on any atom is 0.250 e. The minimum absolute atomic E-state index is 0.441. The van der Waals surface area contributed by atoms with Crippen LogP contribution in [0, 0.1) is 5.92 Å². The maximum atomic E-state index is 12.2.